The van der Waals surface area contributed by atoms with Crippen molar-refractivity contribution in [2.24, 2.45) is 0 Å². The number of nitrogens with zero attached hydrogens (tertiary/aromatic N) is 1. The molecule has 0 aromatic heterocycles. The van der Waals surface area contributed by atoms with Gasteiger partial charge in [-0.3, -0.25) is 9.59 Å². The van der Waals surface area contributed by atoms with Gasteiger partial charge in [-0.15, -0.1) is 11.8 Å². The molecule has 3 unspecified atom stereocenters. The predicted octanol–water partition coefficient (Wildman–Crippen LogP) is 3.73. The number of hydrogen-bond acceptors (Lipinski definition) is 5. The summed E-state index contributed by atoms with van der Waals surface area (Å²) in [6.45, 7) is 0.117. The Balaban J connectivity index is 1.49. The third kappa shape index (κ3) is 5.31. The minimum Gasteiger partial charge on any atom is -0.459 e. The lowest BCUT2D eigenvalue weighted by atomic mass is 9.97. The van der Waals surface area contributed by atoms with E-state index in [4.69, 9.17) is 4.74 Å². The number of carbonyl (C=O) groups excluding carboxylic acids is 3. The summed E-state index contributed by atoms with van der Waals surface area (Å²) in [5.74, 6) is -1.03. The van der Waals surface area contributed by atoms with Crippen LogP contribution in [0.3, 0.4) is 0 Å². The molecule has 3 atom stereocenters. The van der Waals surface area contributed by atoms with Crippen LogP contribution >= 0.6 is 11.8 Å². The van der Waals surface area contributed by atoms with Gasteiger partial charge in [-0.25, -0.2) is 4.79 Å². The maximum atomic E-state index is 13.2. The maximum Gasteiger partial charge on any atom is 0.333 e. The highest BCUT2D eigenvalue weighted by Gasteiger charge is 2.53. The zero-order chi connectivity index (χ0) is 23.9. The average molecular weight is 475 g/mol. The molecule has 1 N–H and O–H groups in total. The number of hydrogen-bond donors (Lipinski definition) is 1. The third-order valence-electron chi connectivity index (χ3n) is 5.69. The monoisotopic (exact) mass is 474 g/mol. The van der Waals surface area contributed by atoms with E-state index in [2.05, 4.69) is 5.32 Å². The first-order valence-electron chi connectivity index (χ1n) is 11.0. The molecule has 0 bridgehead atoms. The molecule has 0 saturated carbocycles. The highest BCUT2D eigenvalue weighted by molar-refractivity contribution is 7.99. The molecule has 3 aromatic carbocycles. The number of benzene rings is 3. The molecule has 4 rings (SSSR count). The number of rotatable bonds is 9. The number of amides is 2. The zero-order valence-corrected chi connectivity index (χ0v) is 19.6. The summed E-state index contributed by atoms with van der Waals surface area (Å²) < 4.78 is 5.61. The summed E-state index contributed by atoms with van der Waals surface area (Å²) in [5.41, 5.74) is 2.41. The fourth-order valence-corrected chi connectivity index (χ4v) is 4.91. The second kappa shape index (κ2) is 11.0. The van der Waals surface area contributed by atoms with E-state index in [0.29, 0.717) is 5.56 Å². The van der Waals surface area contributed by atoms with E-state index in [1.807, 2.05) is 85.1 Å². The molecular weight excluding hydrogens is 448 g/mol. The Hall–Kier alpha value is -3.58. The number of nitrogens with one attached hydrogen (secondary N) is 1. The minimum absolute atomic E-state index is 0.117. The van der Waals surface area contributed by atoms with Crippen LogP contribution in [0.4, 0.5) is 0 Å². The number of carbonyl (C=O) groups is 3. The van der Waals surface area contributed by atoms with Crippen LogP contribution in [-0.4, -0.2) is 40.4 Å². The van der Waals surface area contributed by atoms with Crippen LogP contribution in [0.5, 0.6) is 0 Å². The van der Waals surface area contributed by atoms with Crippen LogP contribution < -0.4 is 5.32 Å². The van der Waals surface area contributed by atoms with E-state index < -0.39 is 18.1 Å². The quantitative estimate of drug-likeness (QED) is 0.378. The fourth-order valence-electron chi connectivity index (χ4n) is 4.00. The van der Waals surface area contributed by atoms with Crippen molar-refractivity contribution >= 4 is 29.5 Å². The van der Waals surface area contributed by atoms with Gasteiger partial charge in [0.05, 0.1) is 6.42 Å². The normalized spacial score (nSPS) is 18.0. The molecule has 7 heteroatoms. The molecule has 1 heterocycles. The number of β-lactam (4-membered cyclic amide) rings is 1. The Labute approximate surface area is 203 Å². The van der Waals surface area contributed by atoms with Gasteiger partial charge < -0.3 is 15.0 Å². The van der Waals surface area contributed by atoms with Crippen molar-refractivity contribution in [2.45, 2.75) is 30.5 Å². The van der Waals surface area contributed by atoms with Crippen molar-refractivity contribution in [3.05, 3.63) is 108 Å². The molecule has 0 aliphatic carbocycles. The molecule has 6 nitrogen and oxygen atoms in total. The second-order valence-electron chi connectivity index (χ2n) is 7.99. The molecule has 1 aliphatic rings. The Morgan fingerprint density at radius 3 is 2.06 bits per heavy atom. The Bertz CT molecular complexity index is 1130. The van der Waals surface area contributed by atoms with E-state index in [-0.39, 0.29) is 30.2 Å². The van der Waals surface area contributed by atoms with Crippen LogP contribution in [-0.2, 0) is 32.1 Å². The SMILES string of the molecule is CSC1C(NC(=O)Cc2ccccc2)C(=O)N1C(C(=O)OCc1ccccc1)c1ccccc1. The van der Waals surface area contributed by atoms with E-state index >= 15 is 0 Å². The number of thioether (sulfide) groups is 1. The van der Waals surface area contributed by atoms with E-state index in [1.165, 1.54) is 16.7 Å². The lowest BCUT2D eigenvalue weighted by molar-refractivity contribution is -0.166. The number of esters is 1. The molecule has 0 spiro atoms. The molecule has 1 fully saturated rings. The van der Waals surface area contributed by atoms with Gasteiger partial charge in [0.25, 0.3) is 0 Å². The van der Waals surface area contributed by atoms with Crippen molar-refractivity contribution in [1.82, 2.24) is 10.2 Å². The highest BCUT2D eigenvalue weighted by atomic mass is 32.2. The van der Waals surface area contributed by atoms with Crippen molar-refractivity contribution in [1.29, 1.82) is 0 Å². The molecule has 1 saturated heterocycles. The smallest absolute Gasteiger partial charge is 0.333 e. The van der Waals surface area contributed by atoms with Crippen LogP contribution in [0, 0.1) is 0 Å². The summed E-state index contributed by atoms with van der Waals surface area (Å²) in [4.78, 5) is 40.5. The first-order chi connectivity index (χ1) is 16.6. The zero-order valence-electron chi connectivity index (χ0n) is 18.8. The molecule has 174 valence electrons. The van der Waals surface area contributed by atoms with Crippen molar-refractivity contribution in [2.75, 3.05) is 6.26 Å². The van der Waals surface area contributed by atoms with Gasteiger partial charge in [0.2, 0.25) is 11.8 Å². The van der Waals surface area contributed by atoms with Crippen molar-refractivity contribution in [3.8, 4) is 0 Å². The summed E-state index contributed by atoms with van der Waals surface area (Å²) in [7, 11) is 0. The van der Waals surface area contributed by atoms with Gasteiger partial charge in [-0.2, -0.15) is 0 Å². The van der Waals surface area contributed by atoms with Gasteiger partial charge in [-0.1, -0.05) is 91.0 Å². The van der Waals surface area contributed by atoms with Crippen LogP contribution in [0.2, 0.25) is 0 Å². The molecule has 2 amide bonds. The Morgan fingerprint density at radius 1 is 0.912 bits per heavy atom. The lowest BCUT2D eigenvalue weighted by Gasteiger charge is -2.49. The first-order valence-corrected chi connectivity index (χ1v) is 12.3. The summed E-state index contributed by atoms with van der Waals surface area (Å²) >= 11 is 1.42. The molecule has 3 aromatic rings. The topological polar surface area (TPSA) is 75.7 Å². The molecular formula is C27H26N2O4S. The summed E-state index contributed by atoms with van der Waals surface area (Å²) in [6, 6.07) is 26.3. The second-order valence-corrected chi connectivity index (χ2v) is 8.94. The summed E-state index contributed by atoms with van der Waals surface area (Å²) in [6.07, 6.45) is 2.05. The fraction of sp³-hybridized carbons (Fsp3) is 0.222. The number of ether oxygens (including phenoxy) is 1. The largest absolute Gasteiger partial charge is 0.459 e. The standard InChI is InChI=1S/C27H26N2O4S/c1-34-26-23(28-22(30)17-19-11-5-2-6-12-19)25(31)29(26)24(21-15-9-4-10-16-21)27(32)33-18-20-13-7-3-8-14-20/h2-16,23-24,26H,17-18H2,1H3,(H,28,30). The Morgan fingerprint density at radius 2 is 1.47 bits per heavy atom. The number of likely N-dealkylation sites (tertiary alicyclic amines) is 1. The van der Waals surface area contributed by atoms with Gasteiger partial charge in [0.15, 0.2) is 6.04 Å². The van der Waals surface area contributed by atoms with Crippen LogP contribution in [0.15, 0.2) is 91.0 Å². The minimum atomic E-state index is -0.892. The van der Waals surface area contributed by atoms with E-state index in [0.717, 1.165) is 11.1 Å². The first kappa shape index (κ1) is 23.6. The maximum absolute atomic E-state index is 13.2. The van der Waals surface area contributed by atoms with Gasteiger partial charge in [0, 0.05) is 0 Å². The Kier molecular flexibility index (Phi) is 7.65. The molecule has 1 aliphatic heterocycles. The van der Waals surface area contributed by atoms with E-state index in [1.54, 1.807) is 12.1 Å². The van der Waals surface area contributed by atoms with Gasteiger partial charge >= 0.3 is 5.97 Å². The predicted molar refractivity (Wildman–Crippen MR) is 132 cm³/mol. The van der Waals surface area contributed by atoms with Crippen molar-refractivity contribution < 1.29 is 19.1 Å². The lowest BCUT2D eigenvalue weighted by Crippen LogP contribution is -2.70. The third-order valence-corrected chi connectivity index (χ3v) is 6.67. The van der Waals surface area contributed by atoms with E-state index in [9.17, 15) is 14.4 Å². The van der Waals surface area contributed by atoms with Gasteiger partial charge in [0.1, 0.15) is 18.0 Å². The van der Waals surface area contributed by atoms with Crippen molar-refractivity contribution in [3.63, 3.8) is 0 Å². The summed E-state index contributed by atoms with van der Waals surface area (Å²) in [5, 5.41) is 2.46. The molecule has 0 radical (unpaired) electrons. The van der Waals surface area contributed by atoms with Crippen LogP contribution in [0.25, 0.3) is 0 Å². The molecule has 34 heavy (non-hydrogen) atoms. The average Bonchev–Trinajstić information content (AvgIpc) is 2.88. The van der Waals surface area contributed by atoms with Crippen LogP contribution in [0.1, 0.15) is 22.7 Å². The van der Waals surface area contributed by atoms with Gasteiger partial charge in [-0.05, 0) is 22.9 Å². The highest BCUT2D eigenvalue weighted by Crippen LogP contribution is 2.38.